The minimum absolute atomic E-state index is 0.0733. The third kappa shape index (κ3) is 3.48. The Balaban J connectivity index is 1.91. The van der Waals surface area contributed by atoms with Gasteiger partial charge in [0.1, 0.15) is 0 Å². The standard InChI is InChI=1S/C12H13N3OS2/c1-8-2-3-9(13)10(6-8)18-7-11(16)15-12-14-4-5-17-12/h2-6H,7,13H2,1H3,(H,14,15,16). The van der Waals surface area contributed by atoms with E-state index in [1.807, 2.05) is 30.5 Å². The molecule has 1 aromatic heterocycles. The van der Waals surface area contributed by atoms with Gasteiger partial charge in [0.05, 0.1) is 5.75 Å². The summed E-state index contributed by atoms with van der Waals surface area (Å²) in [5, 5.41) is 5.18. The zero-order valence-electron chi connectivity index (χ0n) is 9.84. The van der Waals surface area contributed by atoms with Crippen molar-refractivity contribution < 1.29 is 4.79 Å². The number of nitrogen functional groups attached to an aromatic ring is 1. The molecule has 1 heterocycles. The fraction of sp³-hybridized carbons (Fsp3) is 0.167. The first-order chi connectivity index (χ1) is 8.65. The lowest BCUT2D eigenvalue weighted by Gasteiger charge is -2.06. The van der Waals surface area contributed by atoms with Crippen molar-refractivity contribution in [3.63, 3.8) is 0 Å². The van der Waals surface area contributed by atoms with E-state index in [1.54, 1.807) is 6.20 Å². The maximum absolute atomic E-state index is 11.7. The molecule has 2 rings (SSSR count). The zero-order valence-corrected chi connectivity index (χ0v) is 11.5. The second kappa shape index (κ2) is 5.88. The molecule has 6 heteroatoms. The van der Waals surface area contributed by atoms with Crippen molar-refractivity contribution in [1.82, 2.24) is 4.98 Å². The van der Waals surface area contributed by atoms with Gasteiger partial charge < -0.3 is 11.1 Å². The van der Waals surface area contributed by atoms with Crippen LogP contribution in [0.5, 0.6) is 0 Å². The van der Waals surface area contributed by atoms with Crippen LogP contribution in [-0.4, -0.2) is 16.6 Å². The molecule has 0 spiro atoms. The van der Waals surface area contributed by atoms with Crippen molar-refractivity contribution >= 4 is 39.8 Å². The van der Waals surface area contributed by atoms with Crippen LogP contribution in [-0.2, 0) is 4.79 Å². The van der Waals surface area contributed by atoms with E-state index >= 15 is 0 Å². The maximum atomic E-state index is 11.7. The lowest BCUT2D eigenvalue weighted by molar-refractivity contribution is -0.113. The van der Waals surface area contributed by atoms with E-state index in [4.69, 9.17) is 5.73 Å². The predicted molar refractivity (Wildman–Crippen MR) is 77.1 cm³/mol. The summed E-state index contributed by atoms with van der Waals surface area (Å²) >= 11 is 2.83. The van der Waals surface area contributed by atoms with Gasteiger partial charge in [-0.2, -0.15) is 0 Å². The van der Waals surface area contributed by atoms with Crippen LogP contribution in [0.2, 0.25) is 0 Å². The van der Waals surface area contributed by atoms with Crippen LogP contribution < -0.4 is 11.1 Å². The number of benzene rings is 1. The molecule has 0 aliphatic heterocycles. The van der Waals surface area contributed by atoms with E-state index < -0.39 is 0 Å². The fourth-order valence-corrected chi connectivity index (χ4v) is 2.76. The minimum Gasteiger partial charge on any atom is -0.398 e. The molecule has 0 bridgehead atoms. The number of carbonyl (C=O) groups excluding carboxylic acids is 1. The Hall–Kier alpha value is -1.53. The summed E-state index contributed by atoms with van der Waals surface area (Å²) < 4.78 is 0. The fourth-order valence-electron chi connectivity index (χ4n) is 1.35. The van der Waals surface area contributed by atoms with Gasteiger partial charge in [-0.1, -0.05) is 6.07 Å². The number of hydrogen-bond acceptors (Lipinski definition) is 5. The van der Waals surface area contributed by atoms with E-state index in [0.717, 1.165) is 10.5 Å². The van der Waals surface area contributed by atoms with Crippen LogP contribution in [0.1, 0.15) is 5.56 Å². The van der Waals surface area contributed by atoms with Gasteiger partial charge in [-0.25, -0.2) is 4.98 Å². The molecule has 0 saturated heterocycles. The minimum atomic E-state index is -0.0733. The Labute approximate surface area is 114 Å². The van der Waals surface area contributed by atoms with Gasteiger partial charge in [-0.15, -0.1) is 23.1 Å². The largest absolute Gasteiger partial charge is 0.398 e. The number of hydrogen-bond donors (Lipinski definition) is 2. The normalized spacial score (nSPS) is 10.3. The summed E-state index contributed by atoms with van der Waals surface area (Å²) in [5.74, 6) is 0.253. The topological polar surface area (TPSA) is 68.0 Å². The second-order valence-corrected chi connectivity index (χ2v) is 5.63. The van der Waals surface area contributed by atoms with E-state index in [-0.39, 0.29) is 5.91 Å². The summed E-state index contributed by atoms with van der Waals surface area (Å²) in [6.45, 7) is 2.00. The van der Waals surface area contributed by atoms with Crippen molar-refractivity contribution in [2.24, 2.45) is 0 Å². The first-order valence-electron chi connectivity index (χ1n) is 5.33. The third-order valence-corrected chi connectivity index (χ3v) is 3.97. The summed E-state index contributed by atoms with van der Waals surface area (Å²) in [7, 11) is 0. The highest BCUT2D eigenvalue weighted by Crippen LogP contribution is 2.26. The first kappa shape index (κ1) is 12.9. The van der Waals surface area contributed by atoms with E-state index in [9.17, 15) is 4.79 Å². The number of thiazole rings is 1. The van der Waals surface area contributed by atoms with Gasteiger partial charge in [0.2, 0.25) is 5.91 Å². The number of aryl methyl sites for hydroxylation is 1. The number of rotatable bonds is 4. The maximum Gasteiger partial charge on any atom is 0.236 e. The van der Waals surface area contributed by atoms with Gasteiger partial charge >= 0.3 is 0 Å². The average molecular weight is 279 g/mol. The molecule has 0 fully saturated rings. The van der Waals surface area contributed by atoms with Crippen LogP contribution in [0.25, 0.3) is 0 Å². The molecule has 4 nitrogen and oxygen atoms in total. The van der Waals surface area contributed by atoms with Crippen molar-refractivity contribution in [2.75, 3.05) is 16.8 Å². The molecule has 0 aliphatic rings. The SMILES string of the molecule is Cc1ccc(N)c(SCC(=O)Nc2nccs2)c1. The smallest absolute Gasteiger partial charge is 0.236 e. The Morgan fingerprint density at radius 2 is 2.39 bits per heavy atom. The van der Waals surface area contributed by atoms with Gasteiger partial charge in [-0.05, 0) is 24.6 Å². The molecule has 2 aromatic rings. The van der Waals surface area contributed by atoms with Gasteiger partial charge in [0, 0.05) is 22.2 Å². The number of thioether (sulfide) groups is 1. The Morgan fingerprint density at radius 3 is 3.11 bits per heavy atom. The lowest BCUT2D eigenvalue weighted by atomic mass is 10.2. The second-order valence-electron chi connectivity index (χ2n) is 3.72. The molecule has 0 atom stereocenters. The number of nitrogens with two attached hydrogens (primary N) is 1. The van der Waals surface area contributed by atoms with Crippen LogP contribution in [0.4, 0.5) is 10.8 Å². The highest BCUT2D eigenvalue weighted by molar-refractivity contribution is 8.00. The Morgan fingerprint density at radius 1 is 1.56 bits per heavy atom. The number of anilines is 2. The monoisotopic (exact) mass is 279 g/mol. The highest BCUT2D eigenvalue weighted by Gasteiger charge is 2.07. The molecule has 1 amide bonds. The van der Waals surface area contributed by atoms with E-state index in [2.05, 4.69) is 10.3 Å². The van der Waals surface area contributed by atoms with Crippen molar-refractivity contribution in [3.05, 3.63) is 35.3 Å². The molecule has 18 heavy (non-hydrogen) atoms. The molecule has 1 aromatic carbocycles. The Kier molecular flexibility index (Phi) is 4.22. The van der Waals surface area contributed by atoms with Gasteiger partial charge in [0.25, 0.3) is 0 Å². The summed E-state index contributed by atoms with van der Waals surface area (Å²) in [6.07, 6.45) is 1.66. The number of nitrogens with one attached hydrogen (secondary N) is 1. The Bertz CT molecular complexity index is 540. The van der Waals surface area contributed by atoms with Gasteiger partial charge in [0.15, 0.2) is 5.13 Å². The van der Waals surface area contributed by atoms with Crippen LogP contribution >= 0.6 is 23.1 Å². The molecule has 3 N–H and O–H groups in total. The third-order valence-electron chi connectivity index (χ3n) is 2.21. The molecule has 0 radical (unpaired) electrons. The molecule has 0 aliphatic carbocycles. The molecule has 94 valence electrons. The summed E-state index contributed by atoms with van der Waals surface area (Å²) in [5.41, 5.74) is 7.68. The van der Waals surface area contributed by atoms with Gasteiger partial charge in [-0.3, -0.25) is 4.79 Å². The van der Waals surface area contributed by atoms with E-state index in [0.29, 0.717) is 16.6 Å². The average Bonchev–Trinajstić information content (AvgIpc) is 2.83. The quantitative estimate of drug-likeness (QED) is 0.667. The van der Waals surface area contributed by atoms with E-state index in [1.165, 1.54) is 23.1 Å². The van der Waals surface area contributed by atoms with Crippen molar-refractivity contribution in [2.45, 2.75) is 11.8 Å². The van der Waals surface area contributed by atoms with Crippen LogP contribution in [0.15, 0.2) is 34.7 Å². The predicted octanol–water partition coefficient (Wildman–Crippen LogP) is 2.76. The molecular formula is C12H13N3OS2. The number of carbonyl (C=O) groups is 1. The first-order valence-corrected chi connectivity index (χ1v) is 7.20. The summed E-state index contributed by atoms with van der Waals surface area (Å²) in [4.78, 5) is 16.6. The zero-order chi connectivity index (χ0) is 13.0. The van der Waals surface area contributed by atoms with Crippen molar-refractivity contribution in [1.29, 1.82) is 0 Å². The van der Waals surface area contributed by atoms with Crippen LogP contribution in [0.3, 0.4) is 0 Å². The molecule has 0 unspecified atom stereocenters. The number of amides is 1. The lowest BCUT2D eigenvalue weighted by Crippen LogP contribution is -2.13. The highest BCUT2D eigenvalue weighted by atomic mass is 32.2. The number of aromatic nitrogens is 1. The van der Waals surface area contributed by atoms with Crippen LogP contribution in [0, 0.1) is 6.92 Å². The number of nitrogens with zero attached hydrogens (tertiary/aromatic N) is 1. The molecular weight excluding hydrogens is 266 g/mol. The van der Waals surface area contributed by atoms with Crippen molar-refractivity contribution in [3.8, 4) is 0 Å². The molecule has 0 saturated carbocycles. The summed E-state index contributed by atoms with van der Waals surface area (Å²) in [6, 6.07) is 5.79.